The molecule has 1 unspecified atom stereocenters. The highest BCUT2D eigenvalue weighted by Crippen LogP contribution is 2.36. The predicted molar refractivity (Wildman–Crippen MR) is 62.8 cm³/mol. The third-order valence-electron chi connectivity index (χ3n) is 3.42. The lowest BCUT2D eigenvalue weighted by Crippen LogP contribution is -2.03. The Morgan fingerprint density at radius 2 is 1.87 bits per heavy atom. The van der Waals surface area contributed by atoms with Gasteiger partial charge in [-0.05, 0) is 49.3 Å². The van der Waals surface area contributed by atoms with Gasteiger partial charge >= 0.3 is 0 Å². The highest BCUT2D eigenvalue weighted by atomic mass is 16.3. The smallest absolute Gasteiger partial charge is 0.0795 e. The summed E-state index contributed by atoms with van der Waals surface area (Å²) in [6.07, 6.45) is 4.61. The first kappa shape index (κ1) is 10.7. The van der Waals surface area contributed by atoms with Crippen molar-refractivity contribution in [2.45, 2.75) is 45.6 Å². The number of hydrogen-bond donors (Lipinski definition) is 1. The lowest BCUT2D eigenvalue weighted by Gasteiger charge is -2.16. The molecule has 1 N–H and O–H groups in total. The third kappa shape index (κ3) is 2.60. The van der Waals surface area contributed by atoms with E-state index in [0.29, 0.717) is 0 Å². The van der Waals surface area contributed by atoms with E-state index in [2.05, 4.69) is 32.0 Å². The average molecular weight is 204 g/mol. The second-order valence-electron chi connectivity index (χ2n) is 4.84. The van der Waals surface area contributed by atoms with Crippen molar-refractivity contribution in [2.75, 3.05) is 0 Å². The van der Waals surface area contributed by atoms with E-state index in [1.807, 2.05) is 0 Å². The number of aliphatic hydroxyl groups excluding tert-OH is 1. The standard InChI is InChI=1S/C14H20O/c1-10-4-3-5-11(2)14(10)13(15)9-8-12-6-7-12/h3-5,12-13,15H,6-9H2,1-2H3. The largest absolute Gasteiger partial charge is 0.388 e. The molecule has 0 spiro atoms. The average Bonchev–Trinajstić information content (AvgIpc) is 2.97. The summed E-state index contributed by atoms with van der Waals surface area (Å²) in [5.74, 6) is 0.906. The molecule has 1 aliphatic carbocycles. The Hall–Kier alpha value is -0.820. The minimum Gasteiger partial charge on any atom is -0.388 e. The van der Waals surface area contributed by atoms with Gasteiger partial charge in [-0.1, -0.05) is 31.0 Å². The third-order valence-corrected chi connectivity index (χ3v) is 3.42. The summed E-state index contributed by atoms with van der Waals surface area (Å²) in [4.78, 5) is 0. The van der Waals surface area contributed by atoms with Crippen molar-refractivity contribution in [3.8, 4) is 0 Å². The van der Waals surface area contributed by atoms with Crippen LogP contribution in [0.2, 0.25) is 0 Å². The SMILES string of the molecule is Cc1cccc(C)c1C(O)CCC1CC1. The van der Waals surface area contributed by atoms with Crippen molar-refractivity contribution in [3.05, 3.63) is 34.9 Å². The summed E-state index contributed by atoms with van der Waals surface area (Å²) in [6.45, 7) is 4.17. The zero-order valence-electron chi connectivity index (χ0n) is 9.66. The van der Waals surface area contributed by atoms with E-state index in [1.54, 1.807) is 0 Å². The molecule has 1 aromatic rings. The Kier molecular flexibility index (Phi) is 3.11. The van der Waals surface area contributed by atoms with Crippen LogP contribution in [0, 0.1) is 19.8 Å². The van der Waals surface area contributed by atoms with Crippen LogP contribution in [0.5, 0.6) is 0 Å². The maximum Gasteiger partial charge on any atom is 0.0795 e. The first-order chi connectivity index (χ1) is 7.18. The van der Waals surface area contributed by atoms with Gasteiger partial charge in [-0.15, -0.1) is 0 Å². The Morgan fingerprint density at radius 1 is 1.27 bits per heavy atom. The molecule has 0 bridgehead atoms. The molecule has 1 fully saturated rings. The zero-order chi connectivity index (χ0) is 10.8. The zero-order valence-corrected chi connectivity index (χ0v) is 9.66. The molecule has 0 saturated heterocycles. The van der Waals surface area contributed by atoms with Crippen LogP contribution in [0.1, 0.15) is 48.5 Å². The maximum absolute atomic E-state index is 10.2. The van der Waals surface area contributed by atoms with Crippen LogP contribution in [0.3, 0.4) is 0 Å². The molecule has 0 radical (unpaired) electrons. The summed E-state index contributed by atoms with van der Waals surface area (Å²) in [6, 6.07) is 6.23. The van der Waals surface area contributed by atoms with Crippen LogP contribution < -0.4 is 0 Å². The van der Waals surface area contributed by atoms with Gasteiger partial charge in [0.1, 0.15) is 0 Å². The number of hydrogen-bond acceptors (Lipinski definition) is 1. The molecule has 1 atom stereocenters. The van der Waals surface area contributed by atoms with Crippen LogP contribution in [0.25, 0.3) is 0 Å². The highest BCUT2D eigenvalue weighted by molar-refractivity contribution is 5.35. The normalized spacial score (nSPS) is 17.8. The highest BCUT2D eigenvalue weighted by Gasteiger charge is 2.23. The predicted octanol–water partition coefficient (Wildman–Crippen LogP) is 3.53. The summed E-state index contributed by atoms with van der Waals surface area (Å²) >= 11 is 0. The maximum atomic E-state index is 10.2. The van der Waals surface area contributed by atoms with Crippen molar-refractivity contribution < 1.29 is 5.11 Å². The monoisotopic (exact) mass is 204 g/mol. The Bertz CT molecular complexity index is 319. The topological polar surface area (TPSA) is 20.2 Å². The fraction of sp³-hybridized carbons (Fsp3) is 0.571. The van der Waals surface area contributed by atoms with Gasteiger partial charge in [-0.3, -0.25) is 0 Å². The molecular weight excluding hydrogens is 184 g/mol. The summed E-state index contributed by atoms with van der Waals surface area (Å²) in [7, 11) is 0. The van der Waals surface area contributed by atoms with Crippen LogP contribution in [-0.4, -0.2) is 5.11 Å². The molecule has 82 valence electrons. The van der Waals surface area contributed by atoms with Crippen LogP contribution >= 0.6 is 0 Å². The minimum absolute atomic E-state index is 0.258. The van der Waals surface area contributed by atoms with Crippen LogP contribution in [0.4, 0.5) is 0 Å². The van der Waals surface area contributed by atoms with E-state index >= 15 is 0 Å². The van der Waals surface area contributed by atoms with Gasteiger partial charge in [0.05, 0.1) is 6.10 Å². The fourth-order valence-electron chi connectivity index (χ4n) is 2.30. The number of aryl methyl sites for hydroxylation is 2. The quantitative estimate of drug-likeness (QED) is 0.795. The minimum atomic E-state index is -0.258. The molecule has 0 aromatic heterocycles. The first-order valence-electron chi connectivity index (χ1n) is 5.92. The van der Waals surface area contributed by atoms with Crippen LogP contribution in [-0.2, 0) is 0 Å². The van der Waals surface area contributed by atoms with E-state index in [9.17, 15) is 5.11 Å². The second kappa shape index (κ2) is 4.36. The molecule has 2 rings (SSSR count). The molecule has 0 amide bonds. The van der Waals surface area contributed by atoms with Crippen LogP contribution in [0.15, 0.2) is 18.2 Å². The molecule has 0 aliphatic heterocycles. The summed E-state index contributed by atoms with van der Waals surface area (Å²) in [5, 5.41) is 10.2. The van der Waals surface area contributed by atoms with Gasteiger partial charge in [-0.25, -0.2) is 0 Å². The van der Waals surface area contributed by atoms with Gasteiger partial charge in [0.2, 0.25) is 0 Å². The summed E-state index contributed by atoms with van der Waals surface area (Å²) in [5.41, 5.74) is 3.59. The number of benzene rings is 1. The molecule has 1 saturated carbocycles. The molecule has 1 aliphatic rings. The van der Waals surface area contributed by atoms with Gasteiger partial charge in [-0.2, -0.15) is 0 Å². The van der Waals surface area contributed by atoms with Crippen molar-refractivity contribution in [1.29, 1.82) is 0 Å². The van der Waals surface area contributed by atoms with E-state index in [4.69, 9.17) is 0 Å². The Labute approximate surface area is 92.1 Å². The molecule has 0 heterocycles. The molecule has 1 aromatic carbocycles. The van der Waals surface area contributed by atoms with E-state index < -0.39 is 0 Å². The molecule has 1 heteroatoms. The second-order valence-corrected chi connectivity index (χ2v) is 4.84. The number of aliphatic hydroxyl groups is 1. The molecular formula is C14H20O. The Morgan fingerprint density at radius 3 is 2.40 bits per heavy atom. The van der Waals surface area contributed by atoms with Crippen molar-refractivity contribution in [2.24, 2.45) is 5.92 Å². The molecule has 1 nitrogen and oxygen atoms in total. The molecule has 15 heavy (non-hydrogen) atoms. The lowest BCUT2D eigenvalue weighted by atomic mass is 9.95. The lowest BCUT2D eigenvalue weighted by molar-refractivity contribution is 0.161. The van der Waals surface area contributed by atoms with E-state index in [1.165, 1.54) is 30.4 Å². The Balaban J connectivity index is 2.05. The van der Waals surface area contributed by atoms with E-state index in [0.717, 1.165) is 17.9 Å². The van der Waals surface area contributed by atoms with Crippen molar-refractivity contribution in [3.63, 3.8) is 0 Å². The van der Waals surface area contributed by atoms with Crippen molar-refractivity contribution >= 4 is 0 Å². The van der Waals surface area contributed by atoms with Gasteiger partial charge in [0.25, 0.3) is 0 Å². The van der Waals surface area contributed by atoms with Gasteiger partial charge in [0, 0.05) is 0 Å². The number of rotatable bonds is 4. The fourth-order valence-corrected chi connectivity index (χ4v) is 2.30. The van der Waals surface area contributed by atoms with Gasteiger partial charge in [0.15, 0.2) is 0 Å². The van der Waals surface area contributed by atoms with E-state index in [-0.39, 0.29) is 6.10 Å². The van der Waals surface area contributed by atoms with Gasteiger partial charge < -0.3 is 5.11 Å². The first-order valence-corrected chi connectivity index (χ1v) is 5.92. The van der Waals surface area contributed by atoms with Crippen molar-refractivity contribution in [1.82, 2.24) is 0 Å². The summed E-state index contributed by atoms with van der Waals surface area (Å²) < 4.78 is 0.